The van der Waals surface area contributed by atoms with Gasteiger partial charge in [0.05, 0.1) is 4.90 Å². The second-order valence-electron chi connectivity index (χ2n) is 2.99. The van der Waals surface area contributed by atoms with Crippen molar-refractivity contribution in [3.05, 3.63) is 24.3 Å². The van der Waals surface area contributed by atoms with Gasteiger partial charge in [-0.3, -0.25) is 4.55 Å². The average Bonchev–Trinajstić information content (AvgIpc) is 2.17. The minimum absolute atomic E-state index is 0. The van der Waals surface area contributed by atoms with E-state index >= 15 is 0 Å². The second kappa shape index (κ2) is 6.97. The molecule has 0 aliphatic heterocycles. The fourth-order valence-corrected chi connectivity index (χ4v) is 1.60. The maximum atomic E-state index is 11.1. The molecule has 1 aromatic rings. The second-order valence-corrected chi connectivity index (χ2v) is 4.41. The van der Waals surface area contributed by atoms with Crippen LogP contribution in [0, 0.1) is 0 Å². The molecule has 8 heteroatoms. The Morgan fingerprint density at radius 1 is 1.41 bits per heavy atom. The summed E-state index contributed by atoms with van der Waals surface area (Å²) in [4.78, 5) is 10.9. The van der Waals surface area contributed by atoms with Crippen molar-refractivity contribution in [3.8, 4) is 0 Å². The summed E-state index contributed by atoms with van der Waals surface area (Å²) < 4.78 is 30.4. The summed E-state index contributed by atoms with van der Waals surface area (Å²) >= 11 is 0. The zero-order valence-corrected chi connectivity index (χ0v) is 12.4. The number of hydrogen-bond acceptors (Lipinski definition) is 3. The molecular formula is C9H12N2NaO4S+. The van der Waals surface area contributed by atoms with Crippen molar-refractivity contribution in [1.82, 2.24) is 5.32 Å². The Bertz CT molecular complexity index is 490. The van der Waals surface area contributed by atoms with Crippen molar-refractivity contribution < 1.29 is 47.3 Å². The number of hydrogen-bond donors (Lipinski definition) is 3. The van der Waals surface area contributed by atoms with Gasteiger partial charge in [-0.15, -0.1) is 0 Å². The van der Waals surface area contributed by atoms with Gasteiger partial charge in [-0.05, 0) is 25.1 Å². The minimum Gasteiger partial charge on any atom is -0.338 e. The predicted molar refractivity (Wildman–Crippen MR) is 59.0 cm³/mol. The molecule has 3 N–H and O–H groups in total. The van der Waals surface area contributed by atoms with Crippen molar-refractivity contribution in [3.63, 3.8) is 0 Å². The molecule has 0 atom stereocenters. The van der Waals surface area contributed by atoms with Gasteiger partial charge in [0.15, 0.2) is 0 Å². The third-order valence-corrected chi connectivity index (χ3v) is 2.58. The molecule has 0 unspecified atom stereocenters. The number of amides is 2. The van der Waals surface area contributed by atoms with Gasteiger partial charge in [0.2, 0.25) is 0 Å². The molecule has 2 amide bonds. The van der Waals surface area contributed by atoms with E-state index in [1.807, 2.05) is 0 Å². The summed E-state index contributed by atoms with van der Waals surface area (Å²) in [5.41, 5.74) is 0.293. The van der Waals surface area contributed by atoms with Gasteiger partial charge in [0.1, 0.15) is 0 Å². The van der Waals surface area contributed by atoms with E-state index in [4.69, 9.17) is 4.55 Å². The molecule has 0 aliphatic carbocycles. The molecule has 0 bridgehead atoms. The average molecular weight is 267 g/mol. The van der Waals surface area contributed by atoms with Gasteiger partial charge in [0, 0.05) is 12.2 Å². The van der Waals surface area contributed by atoms with Crippen LogP contribution >= 0.6 is 0 Å². The van der Waals surface area contributed by atoms with E-state index in [1.165, 1.54) is 24.3 Å². The van der Waals surface area contributed by atoms with Crippen LogP contribution in [0.4, 0.5) is 10.5 Å². The topological polar surface area (TPSA) is 95.5 Å². The number of carbonyl (C=O) groups is 1. The van der Waals surface area contributed by atoms with Crippen molar-refractivity contribution >= 4 is 21.8 Å². The maximum Gasteiger partial charge on any atom is 1.00 e. The third kappa shape index (κ3) is 5.51. The molecule has 0 spiro atoms. The van der Waals surface area contributed by atoms with Crippen LogP contribution in [0.5, 0.6) is 0 Å². The number of urea groups is 1. The summed E-state index contributed by atoms with van der Waals surface area (Å²) in [6.45, 7) is 2.22. The summed E-state index contributed by atoms with van der Waals surface area (Å²) in [5.74, 6) is 0. The largest absolute Gasteiger partial charge is 1.00 e. The molecule has 0 radical (unpaired) electrons. The molecule has 0 saturated carbocycles. The van der Waals surface area contributed by atoms with E-state index < -0.39 is 16.1 Å². The SMILES string of the molecule is CCNC(=O)Nc1cccc(S(=O)(=O)O)c1.[Na+]. The van der Waals surface area contributed by atoms with Gasteiger partial charge in [-0.1, -0.05) is 6.07 Å². The Hall–Kier alpha value is -0.600. The quantitative estimate of drug-likeness (QED) is 0.439. The van der Waals surface area contributed by atoms with Crippen molar-refractivity contribution in [2.24, 2.45) is 0 Å². The van der Waals surface area contributed by atoms with Crippen LogP contribution in [-0.2, 0) is 10.1 Å². The number of rotatable bonds is 3. The summed E-state index contributed by atoms with van der Waals surface area (Å²) in [5, 5.41) is 4.92. The number of nitrogens with one attached hydrogen (secondary N) is 2. The number of carbonyl (C=O) groups excluding carboxylic acids is 1. The van der Waals surface area contributed by atoms with Gasteiger partial charge in [0.25, 0.3) is 10.1 Å². The third-order valence-electron chi connectivity index (χ3n) is 1.73. The van der Waals surface area contributed by atoms with E-state index in [1.54, 1.807) is 6.92 Å². The van der Waals surface area contributed by atoms with Crippen LogP contribution in [-0.4, -0.2) is 25.5 Å². The van der Waals surface area contributed by atoms with Crippen molar-refractivity contribution in [2.75, 3.05) is 11.9 Å². The monoisotopic (exact) mass is 267 g/mol. The first-order valence-electron chi connectivity index (χ1n) is 4.56. The van der Waals surface area contributed by atoms with Crippen LogP contribution in [0.1, 0.15) is 6.92 Å². The first-order valence-corrected chi connectivity index (χ1v) is 6.00. The number of anilines is 1. The molecule has 6 nitrogen and oxygen atoms in total. The first-order chi connectivity index (χ1) is 7.43. The number of benzene rings is 1. The van der Waals surface area contributed by atoms with Crippen molar-refractivity contribution in [1.29, 1.82) is 0 Å². The van der Waals surface area contributed by atoms with Crippen LogP contribution in [0.15, 0.2) is 29.2 Å². The zero-order valence-electron chi connectivity index (χ0n) is 9.60. The molecule has 17 heavy (non-hydrogen) atoms. The van der Waals surface area contributed by atoms with Gasteiger partial charge in [-0.2, -0.15) is 8.42 Å². The predicted octanol–water partition coefficient (Wildman–Crippen LogP) is -1.92. The zero-order chi connectivity index (χ0) is 12.2. The minimum atomic E-state index is -4.25. The molecule has 0 heterocycles. The van der Waals surface area contributed by atoms with E-state index in [0.29, 0.717) is 12.2 Å². The van der Waals surface area contributed by atoms with E-state index in [2.05, 4.69) is 10.6 Å². The molecule has 1 aromatic carbocycles. The van der Waals surface area contributed by atoms with E-state index in [-0.39, 0.29) is 34.5 Å². The Kier molecular flexibility index (Phi) is 6.73. The Morgan fingerprint density at radius 2 is 2.06 bits per heavy atom. The maximum absolute atomic E-state index is 11.1. The molecule has 0 saturated heterocycles. The smallest absolute Gasteiger partial charge is 0.338 e. The standard InChI is InChI=1S/C9H12N2O4S.Na/c1-2-10-9(12)11-7-4-3-5-8(6-7)16(13,14)15;/h3-6H,2H2,1H3,(H2,10,11,12)(H,13,14,15);/q;+1. The fraction of sp³-hybridized carbons (Fsp3) is 0.222. The molecule has 1 rings (SSSR count). The Labute approximate surface area is 122 Å². The van der Waals surface area contributed by atoms with Gasteiger partial charge >= 0.3 is 35.6 Å². The molecule has 0 aliphatic rings. The van der Waals surface area contributed by atoms with Crippen LogP contribution in [0.2, 0.25) is 0 Å². The summed E-state index contributed by atoms with van der Waals surface area (Å²) in [6, 6.07) is 4.91. The molecular weight excluding hydrogens is 255 g/mol. The van der Waals surface area contributed by atoms with E-state index in [0.717, 1.165) is 0 Å². The van der Waals surface area contributed by atoms with Crippen LogP contribution in [0.25, 0.3) is 0 Å². The van der Waals surface area contributed by atoms with Crippen LogP contribution < -0.4 is 40.2 Å². The van der Waals surface area contributed by atoms with Crippen LogP contribution in [0.3, 0.4) is 0 Å². The van der Waals surface area contributed by atoms with Gasteiger partial charge in [-0.25, -0.2) is 4.79 Å². The summed E-state index contributed by atoms with van der Waals surface area (Å²) in [7, 11) is -4.25. The Balaban J connectivity index is 0.00000256. The molecule has 88 valence electrons. The summed E-state index contributed by atoms with van der Waals surface area (Å²) in [6.07, 6.45) is 0. The Morgan fingerprint density at radius 3 is 2.59 bits per heavy atom. The first kappa shape index (κ1) is 16.4. The molecule has 0 fully saturated rings. The van der Waals surface area contributed by atoms with E-state index in [9.17, 15) is 13.2 Å². The molecule has 0 aromatic heterocycles. The normalized spacial score (nSPS) is 10.2. The van der Waals surface area contributed by atoms with Gasteiger partial charge < -0.3 is 10.6 Å². The fourth-order valence-electron chi connectivity index (χ4n) is 1.07. The van der Waals surface area contributed by atoms with Crippen molar-refractivity contribution in [2.45, 2.75) is 11.8 Å².